The summed E-state index contributed by atoms with van der Waals surface area (Å²) < 4.78 is 11.6. The second-order valence-electron chi connectivity index (χ2n) is 9.01. The Hall–Kier alpha value is -3.54. The number of aryl methyl sites for hydroxylation is 1. The van der Waals surface area contributed by atoms with Crippen LogP contribution in [-0.4, -0.2) is 29.8 Å². The maximum atomic E-state index is 11.2. The second-order valence-corrected chi connectivity index (χ2v) is 9.01. The van der Waals surface area contributed by atoms with Crippen molar-refractivity contribution in [3.8, 4) is 22.6 Å². The predicted octanol–water partition coefficient (Wildman–Crippen LogP) is 5.95. The lowest BCUT2D eigenvalue weighted by atomic mass is 9.82. The number of aromatic nitrogens is 1. The summed E-state index contributed by atoms with van der Waals surface area (Å²) in [5, 5.41) is 12.6. The van der Waals surface area contributed by atoms with Crippen LogP contribution >= 0.6 is 0 Å². The fraction of sp³-hybridized carbons (Fsp3) is 0.357. The Bertz CT molecular complexity index is 1110. The van der Waals surface area contributed by atoms with Gasteiger partial charge in [0.15, 0.2) is 11.5 Å². The minimum atomic E-state index is -0.682. The molecule has 1 fully saturated rings. The third-order valence-corrected chi connectivity index (χ3v) is 6.49. The molecule has 1 aliphatic carbocycles. The minimum Gasteiger partial charge on any atom is -0.493 e. The summed E-state index contributed by atoms with van der Waals surface area (Å²) in [6, 6.07) is 18.3. The van der Waals surface area contributed by atoms with E-state index in [0.717, 1.165) is 49.2 Å². The number of rotatable bonds is 9. The van der Waals surface area contributed by atoms with Crippen molar-refractivity contribution in [2.75, 3.05) is 19.0 Å². The van der Waals surface area contributed by atoms with Gasteiger partial charge in [-0.25, -0.2) is 4.98 Å². The van der Waals surface area contributed by atoms with E-state index in [1.54, 1.807) is 7.11 Å². The van der Waals surface area contributed by atoms with Crippen LogP contribution in [0.5, 0.6) is 11.5 Å². The number of nitrogens with zero attached hydrogens (tertiary/aromatic N) is 1. The Morgan fingerprint density at radius 3 is 2.50 bits per heavy atom. The van der Waals surface area contributed by atoms with E-state index in [2.05, 4.69) is 41.5 Å². The van der Waals surface area contributed by atoms with Crippen molar-refractivity contribution in [2.24, 2.45) is 11.8 Å². The number of ether oxygens (including phenoxy) is 2. The molecule has 1 saturated carbocycles. The highest BCUT2D eigenvalue weighted by Crippen LogP contribution is 2.35. The first-order valence-electron chi connectivity index (χ1n) is 11.8. The first-order valence-corrected chi connectivity index (χ1v) is 11.8. The summed E-state index contributed by atoms with van der Waals surface area (Å²) in [6.07, 6.45) is 5.05. The minimum absolute atomic E-state index is 0.212. The SMILES string of the molecule is COc1ccc(-c2ccc(NCc3cccc(C)c3)nc2)cc1OC[C@H]1CC[C@H](C(=O)O)CC1. The smallest absolute Gasteiger partial charge is 0.306 e. The number of hydrogen-bond acceptors (Lipinski definition) is 5. The zero-order chi connectivity index (χ0) is 23.9. The molecule has 6 heteroatoms. The molecule has 0 amide bonds. The van der Waals surface area contributed by atoms with Crippen LogP contribution < -0.4 is 14.8 Å². The van der Waals surface area contributed by atoms with Crippen LogP contribution in [0.15, 0.2) is 60.8 Å². The molecule has 1 heterocycles. The highest BCUT2D eigenvalue weighted by atomic mass is 16.5. The number of aliphatic carboxylic acids is 1. The number of anilines is 1. The molecule has 2 aromatic carbocycles. The summed E-state index contributed by atoms with van der Waals surface area (Å²) >= 11 is 0. The van der Waals surface area contributed by atoms with Crippen molar-refractivity contribution in [3.63, 3.8) is 0 Å². The van der Waals surface area contributed by atoms with E-state index in [9.17, 15) is 9.90 Å². The molecule has 3 aromatic rings. The predicted molar refractivity (Wildman–Crippen MR) is 133 cm³/mol. The molecule has 34 heavy (non-hydrogen) atoms. The highest BCUT2D eigenvalue weighted by Gasteiger charge is 2.26. The molecule has 0 aliphatic heterocycles. The molecule has 0 unspecified atom stereocenters. The van der Waals surface area contributed by atoms with E-state index in [4.69, 9.17) is 9.47 Å². The van der Waals surface area contributed by atoms with Gasteiger partial charge in [-0.1, -0.05) is 35.9 Å². The van der Waals surface area contributed by atoms with Gasteiger partial charge in [0, 0.05) is 18.3 Å². The topological polar surface area (TPSA) is 80.7 Å². The lowest BCUT2D eigenvalue weighted by Crippen LogP contribution is -2.24. The van der Waals surface area contributed by atoms with Crippen molar-refractivity contribution >= 4 is 11.8 Å². The second kappa shape index (κ2) is 11.1. The highest BCUT2D eigenvalue weighted by molar-refractivity contribution is 5.70. The van der Waals surface area contributed by atoms with Crippen LogP contribution in [0.2, 0.25) is 0 Å². The average Bonchev–Trinajstić information content (AvgIpc) is 2.86. The largest absolute Gasteiger partial charge is 0.493 e. The maximum absolute atomic E-state index is 11.2. The van der Waals surface area contributed by atoms with Crippen LogP contribution in [0.4, 0.5) is 5.82 Å². The van der Waals surface area contributed by atoms with Gasteiger partial charge < -0.3 is 19.9 Å². The van der Waals surface area contributed by atoms with Gasteiger partial charge in [-0.05, 0) is 73.9 Å². The van der Waals surface area contributed by atoms with Gasteiger partial charge in [0.2, 0.25) is 0 Å². The number of pyridine rings is 1. The number of benzene rings is 2. The Labute approximate surface area is 201 Å². The Morgan fingerprint density at radius 1 is 1.03 bits per heavy atom. The van der Waals surface area contributed by atoms with Crippen LogP contribution in [0.1, 0.15) is 36.8 Å². The quantitative estimate of drug-likeness (QED) is 0.411. The van der Waals surface area contributed by atoms with E-state index in [0.29, 0.717) is 24.0 Å². The van der Waals surface area contributed by atoms with Crippen molar-refractivity contribution < 1.29 is 19.4 Å². The van der Waals surface area contributed by atoms with Gasteiger partial charge >= 0.3 is 5.97 Å². The number of carbonyl (C=O) groups is 1. The number of nitrogens with one attached hydrogen (secondary N) is 1. The molecule has 178 valence electrons. The van der Waals surface area contributed by atoms with E-state index in [1.165, 1.54) is 11.1 Å². The standard InChI is InChI=1S/C28H32N2O4/c1-19-4-3-5-21(14-19)16-29-27-13-11-24(17-30-27)23-10-12-25(33-2)26(15-23)34-18-20-6-8-22(9-7-20)28(31)32/h3-5,10-15,17,20,22H,6-9,16,18H2,1-2H3,(H,29,30)(H,31,32)/t20-,22-. The van der Waals surface area contributed by atoms with Crippen molar-refractivity contribution in [1.82, 2.24) is 4.98 Å². The van der Waals surface area contributed by atoms with Crippen LogP contribution in [-0.2, 0) is 11.3 Å². The van der Waals surface area contributed by atoms with Gasteiger partial charge in [-0.2, -0.15) is 0 Å². The first-order chi connectivity index (χ1) is 16.5. The number of hydrogen-bond donors (Lipinski definition) is 2. The molecule has 4 rings (SSSR count). The summed E-state index contributed by atoms with van der Waals surface area (Å²) in [5.41, 5.74) is 4.46. The van der Waals surface area contributed by atoms with E-state index in [1.807, 2.05) is 36.5 Å². The molecule has 0 atom stereocenters. The number of carboxylic acid groups (broad SMARTS) is 1. The summed E-state index contributed by atoms with van der Waals surface area (Å²) in [5.74, 6) is 1.68. The third-order valence-electron chi connectivity index (χ3n) is 6.49. The Balaban J connectivity index is 1.38. The Kier molecular flexibility index (Phi) is 7.68. The molecular weight excluding hydrogens is 428 g/mol. The van der Waals surface area contributed by atoms with E-state index in [-0.39, 0.29) is 5.92 Å². The van der Waals surface area contributed by atoms with E-state index >= 15 is 0 Å². The fourth-order valence-corrected chi connectivity index (χ4v) is 4.44. The molecule has 2 N–H and O–H groups in total. The summed E-state index contributed by atoms with van der Waals surface area (Å²) in [4.78, 5) is 15.7. The van der Waals surface area contributed by atoms with Gasteiger partial charge in [0.1, 0.15) is 5.82 Å². The van der Waals surface area contributed by atoms with Crippen LogP contribution in [0, 0.1) is 18.8 Å². The molecule has 0 bridgehead atoms. The molecule has 0 radical (unpaired) electrons. The normalized spacial score (nSPS) is 17.7. The van der Waals surface area contributed by atoms with Gasteiger partial charge in [0.05, 0.1) is 19.6 Å². The molecular formula is C28H32N2O4. The lowest BCUT2D eigenvalue weighted by molar-refractivity contribution is -0.143. The zero-order valence-electron chi connectivity index (χ0n) is 19.8. The summed E-state index contributed by atoms with van der Waals surface area (Å²) in [6.45, 7) is 3.38. The lowest BCUT2D eigenvalue weighted by Gasteiger charge is -2.26. The van der Waals surface area contributed by atoms with Crippen molar-refractivity contribution in [3.05, 3.63) is 71.9 Å². The third kappa shape index (κ3) is 6.07. The summed E-state index contributed by atoms with van der Waals surface area (Å²) in [7, 11) is 1.64. The van der Waals surface area contributed by atoms with Crippen LogP contribution in [0.25, 0.3) is 11.1 Å². The first kappa shape index (κ1) is 23.6. The van der Waals surface area contributed by atoms with E-state index < -0.39 is 5.97 Å². The monoisotopic (exact) mass is 460 g/mol. The van der Waals surface area contributed by atoms with Gasteiger partial charge in [0.25, 0.3) is 0 Å². The molecule has 6 nitrogen and oxygen atoms in total. The Morgan fingerprint density at radius 2 is 1.82 bits per heavy atom. The average molecular weight is 461 g/mol. The fourth-order valence-electron chi connectivity index (χ4n) is 4.44. The molecule has 1 aromatic heterocycles. The van der Waals surface area contributed by atoms with Crippen molar-refractivity contribution in [2.45, 2.75) is 39.2 Å². The maximum Gasteiger partial charge on any atom is 0.306 e. The molecule has 1 aliphatic rings. The van der Waals surface area contributed by atoms with Crippen LogP contribution in [0.3, 0.4) is 0 Å². The number of carboxylic acids is 1. The van der Waals surface area contributed by atoms with Crippen molar-refractivity contribution in [1.29, 1.82) is 0 Å². The molecule has 0 saturated heterocycles. The molecule has 0 spiro atoms. The van der Waals surface area contributed by atoms with Gasteiger partial charge in [-0.15, -0.1) is 0 Å². The number of methoxy groups -OCH3 is 1. The zero-order valence-corrected chi connectivity index (χ0v) is 19.8. The van der Waals surface area contributed by atoms with Gasteiger partial charge in [-0.3, -0.25) is 4.79 Å².